The van der Waals surface area contributed by atoms with Crippen molar-refractivity contribution in [2.45, 2.75) is 6.54 Å². The van der Waals surface area contributed by atoms with Crippen LogP contribution in [0.3, 0.4) is 0 Å². The number of nitrogens with one attached hydrogen (secondary N) is 1. The first-order valence-electron chi connectivity index (χ1n) is 8.22. The Morgan fingerprint density at radius 2 is 2.04 bits per heavy atom. The van der Waals surface area contributed by atoms with Crippen molar-refractivity contribution in [3.63, 3.8) is 0 Å². The Morgan fingerprint density at radius 3 is 2.88 bits per heavy atom. The Bertz CT molecular complexity index is 815. The van der Waals surface area contributed by atoms with E-state index in [1.54, 1.807) is 23.3 Å². The Morgan fingerprint density at radius 1 is 1.12 bits per heavy atom. The van der Waals surface area contributed by atoms with Crippen molar-refractivity contribution in [1.82, 2.24) is 24.7 Å². The van der Waals surface area contributed by atoms with Gasteiger partial charge in [0.15, 0.2) is 5.82 Å². The maximum atomic E-state index is 5.39. The summed E-state index contributed by atoms with van der Waals surface area (Å²) in [5.74, 6) is 2.37. The molecular weight excluding hydrogens is 318 g/mol. The van der Waals surface area contributed by atoms with E-state index in [2.05, 4.69) is 36.3 Å². The number of hydrogen-bond acceptors (Lipinski definition) is 7. The van der Waals surface area contributed by atoms with Crippen LogP contribution in [0, 0.1) is 0 Å². The van der Waals surface area contributed by atoms with Crippen LogP contribution in [-0.4, -0.2) is 51.0 Å². The summed E-state index contributed by atoms with van der Waals surface area (Å²) in [6, 6.07) is 5.96. The van der Waals surface area contributed by atoms with Crippen molar-refractivity contribution in [2.75, 3.05) is 36.5 Å². The number of aromatic nitrogens is 5. The highest BCUT2D eigenvalue weighted by molar-refractivity contribution is 5.43. The maximum Gasteiger partial charge on any atom is 0.173 e. The summed E-state index contributed by atoms with van der Waals surface area (Å²) in [6.45, 7) is 3.90. The van der Waals surface area contributed by atoms with Crippen molar-refractivity contribution in [2.24, 2.45) is 0 Å². The standard InChI is InChI=1S/C17H19N7O/c1-3-21-24(5-1)17-13-18-12-15(22-17)20-11-14-2-4-19-16(10-14)23-6-8-25-9-7-23/h1-5,10,12-13H,6-9,11H2,(H,20,22). The molecule has 4 rings (SSSR count). The highest BCUT2D eigenvalue weighted by atomic mass is 16.5. The first-order chi connectivity index (χ1) is 12.4. The van der Waals surface area contributed by atoms with E-state index in [-0.39, 0.29) is 0 Å². The number of nitrogens with zero attached hydrogens (tertiary/aromatic N) is 6. The van der Waals surface area contributed by atoms with Gasteiger partial charge >= 0.3 is 0 Å². The molecule has 1 N–H and O–H groups in total. The molecule has 25 heavy (non-hydrogen) atoms. The molecule has 8 heteroatoms. The molecule has 0 bridgehead atoms. The van der Waals surface area contributed by atoms with Gasteiger partial charge in [-0.1, -0.05) is 0 Å². The topological polar surface area (TPSA) is 81.0 Å². The number of anilines is 2. The molecule has 0 saturated carbocycles. The van der Waals surface area contributed by atoms with Crippen molar-refractivity contribution >= 4 is 11.6 Å². The fraction of sp³-hybridized carbons (Fsp3) is 0.294. The Hall–Kier alpha value is -3.00. The van der Waals surface area contributed by atoms with Gasteiger partial charge in [-0.2, -0.15) is 5.10 Å². The molecule has 0 aromatic carbocycles. The lowest BCUT2D eigenvalue weighted by Gasteiger charge is -2.28. The molecule has 1 aliphatic rings. The maximum absolute atomic E-state index is 5.39. The molecule has 0 atom stereocenters. The van der Waals surface area contributed by atoms with Gasteiger partial charge in [-0.25, -0.2) is 14.6 Å². The molecular formula is C17H19N7O. The second-order valence-corrected chi connectivity index (χ2v) is 5.69. The van der Waals surface area contributed by atoms with Crippen molar-refractivity contribution in [1.29, 1.82) is 0 Å². The molecule has 8 nitrogen and oxygen atoms in total. The van der Waals surface area contributed by atoms with Gasteiger partial charge in [0.05, 0.1) is 25.6 Å². The predicted molar refractivity (Wildman–Crippen MR) is 93.7 cm³/mol. The molecule has 128 valence electrons. The van der Waals surface area contributed by atoms with Crippen LogP contribution in [0.1, 0.15) is 5.56 Å². The summed E-state index contributed by atoms with van der Waals surface area (Å²) in [4.78, 5) is 15.5. The average Bonchev–Trinajstić information content (AvgIpc) is 3.23. The molecule has 0 unspecified atom stereocenters. The third-order valence-corrected chi connectivity index (χ3v) is 3.98. The van der Waals surface area contributed by atoms with E-state index < -0.39 is 0 Å². The minimum Gasteiger partial charge on any atom is -0.378 e. The molecule has 0 radical (unpaired) electrons. The lowest BCUT2D eigenvalue weighted by molar-refractivity contribution is 0.122. The Balaban J connectivity index is 1.44. The summed E-state index contributed by atoms with van der Waals surface area (Å²) in [6.07, 6.45) is 8.78. The fourth-order valence-electron chi connectivity index (χ4n) is 2.68. The number of hydrogen-bond donors (Lipinski definition) is 1. The highest BCUT2D eigenvalue weighted by Gasteiger charge is 2.12. The molecule has 0 amide bonds. The fourth-order valence-corrected chi connectivity index (χ4v) is 2.68. The van der Waals surface area contributed by atoms with Gasteiger partial charge in [0.1, 0.15) is 11.6 Å². The SMILES string of the molecule is c1cnn(-c2cncc(NCc3ccnc(N4CCOCC4)c3)n2)c1. The van der Waals surface area contributed by atoms with E-state index in [4.69, 9.17) is 4.74 Å². The van der Waals surface area contributed by atoms with Crippen LogP contribution in [0.5, 0.6) is 0 Å². The van der Waals surface area contributed by atoms with E-state index in [1.165, 1.54) is 0 Å². The second kappa shape index (κ2) is 7.27. The van der Waals surface area contributed by atoms with E-state index in [0.717, 1.165) is 37.7 Å². The molecule has 1 fully saturated rings. The quantitative estimate of drug-likeness (QED) is 0.756. The highest BCUT2D eigenvalue weighted by Crippen LogP contribution is 2.15. The van der Waals surface area contributed by atoms with Gasteiger partial charge in [0.25, 0.3) is 0 Å². The van der Waals surface area contributed by atoms with Gasteiger partial charge in [0.2, 0.25) is 0 Å². The summed E-state index contributed by atoms with van der Waals surface area (Å²) in [5.41, 5.74) is 1.14. The van der Waals surface area contributed by atoms with Crippen LogP contribution in [0.2, 0.25) is 0 Å². The lowest BCUT2D eigenvalue weighted by Crippen LogP contribution is -2.36. The number of morpholine rings is 1. The van der Waals surface area contributed by atoms with Crippen LogP contribution < -0.4 is 10.2 Å². The summed E-state index contributed by atoms with van der Waals surface area (Å²) < 4.78 is 7.08. The van der Waals surface area contributed by atoms with Crippen LogP contribution >= 0.6 is 0 Å². The van der Waals surface area contributed by atoms with Crippen LogP contribution in [0.15, 0.2) is 49.2 Å². The predicted octanol–water partition coefficient (Wildman–Crippen LogP) is 1.51. The normalized spacial score (nSPS) is 14.5. The van der Waals surface area contributed by atoms with Crippen molar-refractivity contribution < 1.29 is 4.74 Å². The number of ether oxygens (including phenoxy) is 1. The van der Waals surface area contributed by atoms with E-state index in [9.17, 15) is 0 Å². The monoisotopic (exact) mass is 337 g/mol. The summed E-state index contributed by atoms with van der Waals surface area (Å²) >= 11 is 0. The Kier molecular flexibility index (Phi) is 4.51. The van der Waals surface area contributed by atoms with Crippen molar-refractivity contribution in [3.05, 3.63) is 54.7 Å². The third-order valence-electron chi connectivity index (χ3n) is 3.98. The third kappa shape index (κ3) is 3.74. The molecule has 3 aromatic rings. The minimum atomic E-state index is 0.650. The average molecular weight is 337 g/mol. The van der Waals surface area contributed by atoms with E-state index in [1.807, 2.05) is 24.5 Å². The Labute approximate surface area is 145 Å². The van der Waals surface area contributed by atoms with E-state index >= 15 is 0 Å². The first-order valence-corrected chi connectivity index (χ1v) is 8.22. The smallest absolute Gasteiger partial charge is 0.173 e. The molecule has 1 saturated heterocycles. The zero-order chi connectivity index (χ0) is 16.9. The minimum absolute atomic E-state index is 0.650. The summed E-state index contributed by atoms with van der Waals surface area (Å²) in [5, 5.41) is 7.48. The summed E-state index contributed by atoms with van der Waals surface area (Å²) in [7, 11) is 0. The lowest BCUT2D eigenvalue weighted by atomic mass is 10.2. The van der Waals surface area contributed by atoms with E-state index in [0.29, 0.717) is 18.2 Å². The van der Waals surface area contributed by atoms with Crippen LogP contribution in [0.4, 0.5) is 11.6 Å². The molecule has 4 heterocycles. The van der Waals surface area contributed by atoms with Gasteiger partial charge in [-0.3, -0.25) is 4.98 Å². The zero-order valence-corrected chi connectivity index (χ0v) is 13.7. The largest absolute Gasteiger partial charge is 0.378 e. The zero-order valence-electron chi connectivity index (χ0n) is 13.7. The van der Waals surface area contributed by atoms with Crippen LogP contribution in [0.25, 0.3) is 5.82 Å². The van der Waals surface area contributed by atoms with Crippen molar-refractivity contribution in [3.8, 4) is 5.82 Å². The molecule has 0 aliphatic carbocycles. The van der Waals surface area contributed by atoms with Gasteiger partial charge in [0, 0.05) is 38.2 Å². The van der Waals surface area contributed by atoms with Gasteiger partial charge in [-0.15, -0.1) is 0 Å². The van der Waals surface area contributed by atoms with Crippen LogP contribution in [-0.2, 0) is 11.3 Å². The molecule has 3 aromatic heterocycles. The number of pyridine rings is 1. The first kappa shape index (κ1) is 15.5. The second-order valence-electron chi connectivity index (χ2n) is 5.69. The molecule has 0 spiro atoms. The molecule has 1 aliphatic heterocycles. The van der Waals surface area contributed by atoms with Gasteiger partial charge in [-0.05, 0) is 23.8 Å². The van der Waals surface area contributed by atoms with Gasteiger partial charge < -0.3 is 15.0 Å². The number of rotatable bonds is 5.